The Morgan fingerprint density at radius 1 is 1.06 bits per heavy atom. The zero-order valence-electron chi connectivity index (χ0n) is 16.9. The number of carbonyl (C=O) groups is 1. The number of carbonyl (C=O) groups excluding carboxylic acids is 1. The van der Waals surface area contributed by atoms with Gasteiger partial charge in [-0.1, -0.05) is 12.1 Å². The van der Waals surface area contributed by atoms with E-state index in [1.54, 1.807) is 6.07 Å². The van der Waals surface area contributed by atoms with Crippen LogP contribution in [0.4, 0.5) is 17.6 Å². The van der Waals surface area contributed by atoms with Crippen molar-refractivity contribution in [1.82, 2.24) is 9.13 Å². The number of aromatic nitrogens is 2. The Morgan fingerprint density at radius 3 is 2.27 bits per heavy atom. The van der Waals surface area contributed by atoms with E-state index >= 15 is 0 Å². The summed E-state index contributed by atoms with van der Waals surface area (Å²) in [6.45, 7) is 1.14. The molecule has 3 aromatic rings. The standard InChI is InChI=1S/C21H13F4N3O5/c1-11(29)32-15-5-3-4-6-16(15)33-17-8-14(13(22)7-12(17)10-26)28-19(30)9-18(21(23,24)25)27(2)20(28)31/h3-9H,1-2H3. The first-order chi connectivity index (χ1) is 15.4. The number of rotatable bonds is 4. The number of nitrogens with zero attached hydrogens (tertiary/aromatic N) is 3. The first-order valence-corrected chi connectivity index (χ1v) is 9.03. The molecule has 0 radical (unpaired) electrons. The van der Waals surface area contributed by atoms with Gasteiger partial charge in [0.2, 0.25) is 0 Å². The third-order valence-corrected chi connectivity index (χ3v) is 4.34. The highest BCUT2D eigenvalue weighted by Crippen LogP contribution is 2.35. The van der Waals surface area contributed by atoms with Crippen LogP contribution in [0.15, 0.2) is 52.1 Å². The van der Waals surface area contributed by atoms with Gasteiger partial charge in [-0.15, -0.1) is 0 Å². The molecule has 0 saturated carbocycles. The van der Waals surface area contributed by atoms with Crippen LogP contribution < -0.4 is 20.7 Å². The number of ether oxygens (including phenoxy) is 2. The summed E-state index contributed by atoms with van der Waals surface area (Å²) in [6, 6.07) is 9.07. The number of para-hydroxylation sites is 2. The smallest absolute Gasteiger partial charge is 0.431 e. The molecule has 1 aromatic heterocycles. The summed E-state index contributed by atoms with van der Waals surface area (Å²) in [5.74, 6) is -2.35. The second-order valence-corrected chi connectivity index (χ2v) is 6.60. The van der Waals surface area contributed by atoms with Gasteiger partial charge in [0, 0.05) is 26.1 Å². The molecular weight excluding hydrogens is 450 g/mol. The van der Waals surface area contributed by atoms with E-state index in [2.05, 4.69) is 0 Å². The number of hydrogen-bond donors (Lipinski definition) is 0. The maximum absolute atomic E-state index is 14.7. The lowest BCUT2D eigenvalue weighted by molar-refractivity contribution is -0.144. The van der Waals surface area contributed by atoms with E-state index < -0.39 is 40.6 Å². The molecule has 0 bridgehead atoms. The minimum Gasteiger partial charge on any atom is -0.452 e. The van der Waals surface area contributed by atoms with Crippen molar-refractivity contribution in [2.75, 3.05) is 0 Å². The summed E-state index contributed by atoms with van der Waals surface area (Å²) >= 11 is 0. The maximum Gasteiger partial charge on any atom is 0.431 e. The summed E-state index contributed by atoms with van der Waals surface area (Å²) in [7, 11) is 0.773. The topological polar surface area (TPSA) is 103 Å². The minimum absolute atomic E-state index is 0.0395. The molecule has 8 nitrogen and oxygen atoms in total. The number of nitriles is 1. The highest BCUT2D eigenvalue weighted by atomic mass is 19.4. The first kappa shape index (κ1) is 23.3. The Balaban J connectivity index is 2.21. The van der Waals surface area contributed by atoms with Gasteiger partial charge in [-0.3, -0.25) is 14.2 Å². The Labute approximate surface area is 182 Å². The van der Waals surface area contributed by atoms with Gasteiger partial charge in [-0.25, -0.2) is 13.8 Å². The Hall–Kier alpha value is -4.40. The van der Waals surface area contributed by atoms with Crippen molar-refractivity contribution in [3.05, 3.63) is 80.4 Å². The van der Waals surface area contributed by atoms with Crippen molar-refractivity contribution in [3.8, 4) is 29.0 Å². The summed E-state index contributed by atoms with van der Waals surface area (Å²) in [6.07, 6.45) is -5.00. The normalized spacial score (nSPS) is 11.1. The average molecular weight is 463 g/mol. The van der Waals surface area contributed by atoms with E-state index in [-0.39, 0.29) is 38.0 Å². The minimum atomic E-state index is -5.00. The highest BCUT2D eigenvalue weighted by Gasteiger charge is 2.35. The van der Waals surface area contributed by atoms with Crippen LogP contribution in [0, 0.1) is 17.1 Å². The Kier molecular flexibility index (Phi) is 6.08. The second-order valence-electron chi connectivity index (χ2n) is 6.60. The quantitative estimate of drug-likeness (QED) is 0.334. The molecule has 0 aliphatic rings. The molecule has 170 valence electrons. The van der Waals surface area contributed by atoms with E-state index in [1.165, 1.54) is 24.3 Å². The molecule has 33 heavy (non-hydrogen) atoms. The molecule has 0 fully saturated rings. The molecular formula is C21H13F4N3O5. The number of halogens is 4. The van der Waals surface area contributed by atoms with Gasteiger partial charge in [0.25, 0.3) is 5.56 Å². The predicted molar refractivity (Wildman–Crippen MR) is 105 cm³/mol. The first-order valence-electron chi connectivity index (χ1n) is 9.03. The summed E-state index contributed by atoms with van der Waals surface area (Å²) in [5.41, 5.74) is -5.53. The lowest BCUT2D eigenvalue weighted by Gasteiger charge is -2.16. The molecule has 0 spiro atoms. The van der Waals surface area contributed by atoms with Crippen LogP contribution >= 0.6 is 0 Å². The SMILES string of the molecule is CC(=O)Oc1ccccc1Oc1cc(-n2c(=O)cc(C(F)(F)F)n(C)c2=O)c(F)cc1C#N. The van der Waals surface area contributed by atoms with Crippen LogP contribution in [0.5, 0.6) is 17.2 Å². The Morgan fingerprint density at radius 2 is 1.70 bits per heavy atom. The summed E-state index contributed by atoms with van der Waals surface area (Å²) < 4.78 is 64.8. The number of hydrogen-bond acceptors (Lipinski definition) is 6. The second kappa shape index (κ2) is 8.62. The zero-order chi connectivity index (χ0) is 24.5. The van der Waals surface area contributed by atoms with Gasteiger partial charge in [-0.05, 0) is 18.2 Å². The van der Waals surface area contributed by atoms with E-state index in [9.17, 15) is 37.2 Å². The lowest BCUT2D eigenvalue weighted by atomic mass is 10.1. The molecule has 0 atom stereocenters. The molecule has 0 aliphatic carbocycles. The third-order valence-electron chi connectivity index (χ3n) is 4.34. The predicted octanol–water partition coefficient (Wildman–Crippen LogP) is 3.28. The lowest BCUT2D eigenvalue weighted by Crippen LogP contribution is -2.41. The fourth-order valence-electron chi connectivity index (χ4n) is 2.90. The number of alkyl halides is 3. The van der Waals surface area contributed by atoms with Crippen molar-refractivity contribution >= 4 is 5.97 Å². The van der Waals surface area contributed by atoms with Crippen molar-refractivity contribution < 1.29 is 31.8 Å². The average Bonchev–Trinajstić information content (AvgIpc) is 2.72. The van der Waals surface area contributed by atoms with Crippen molar-refractivity contribution in [3.63, 3.8) is 0 Å². The monoisotopic (exact) mass is 463 g/mol. The molecule has 1 heterocycles. The van der Waals surface area contributed by atoms with Gasteiger partial charge in [-0.2, -0.15) is 18.4 Å². The van der Waals surface area contributed by atoms with Gasteiger partial charge >= 0.3 is 17.8 Å². The summed E-state index contributed by atoms with van der Waals surface area (Å²) in [5, 5.41) is 9.33. The van der Waals surface area contributed by atoms with Crippen LogP contribution in [0.2, 0.25) is 0 Å². The fraction of sp³-hybridized carbons (Fsp3) is 0.143. The third kappa shape index (κ3) is 4.62. The van der Waals surface area contributed by atoms with Crippen molar-refractivity contribution in [1.29, 1.82) is 5.26 Å². The zero-order valence-corrected chi connectivity index (χ0v) is 16.9. The van der Waals surface area contributed by atoms with Crippen LogP contribution in [0.1, 0.15) is 18.2 Å². The molecule has 0 unspecified atom stereocenters. The highest BCUT2D eigenvalue weighted by molar-refractivity contribution is 5.70. The molecule has 0 saturated heterocycles. The molecule has 0 aliphatic heterocycles. The molecule has 12 heteroatoms. The number of benzene rings is 2. The van der Waals surface area contributed by atoms with Crippen LogP contribution in [-0.2, 0) is 18.0 Å². The molecule has 3 rings (SSSR count). The van der Waals surface area contributed by atoms with Gasteiger partial charge in [0.1, 0.15) is 23.3 Å². The van der Waals surface area contributed by atoms with E-state index in [4.69, 9.17) is 9.47 Å². The summed E-state index contributed by atoms with van der Waals surface area (Å²) in [4.78, 5) is 36.1. The van der Waals surface area contributed by atoms with Crippen molar-refractivity contribution in [2.45, 2.75) is 13.1 Å². The molecule has 0 N–H and O–H groups in total. The van der Waals surface area contributed by atoms with E-state index in [0.29, 0.717) is 6.07 Å². The van der Waals surface area contributed by atoms with Crippen molar-refractivity contribution in [2.24, 2.45) is 7.05 Å². The van der Waals surface area contributed by atoms with E-state index in [0.717, 1.165) is 20.0 Å². The maximum atomic E-state index is 14.7. The molecule has 0 amide bonds. The largest absolute Gasteiger partial charge is 0.452 e. The number of esters is 1. The van der Waals surface area contributed by atoms with Gasteiger partial charge in [0.05, 0.1) is 11.3 Å². The fourth-order valence-corrected chi connectivity index (χ4v) is 2.90. The van der Waals surface area contributed by atoms with E-state index in [1.807, 2.05) is 0 Å². The van der Waals surface area contributed by atoms with Crippen LogP contribution in [0.3, 0.4) is 0 Å². The van der Waals surface area contributed by atoms with Crippen LogP contribution in [-0.4, -0.2) is 15.1 Å². The van der Waals surface area contributed by atoms with Gasteiger partial charge in [0.15, 0.2) is 11.5 Å². The Bertz CT molecular complexity index is 1420. The van der Waals surface area contributed by atoms with Gasteiger partial charge < -0.3 is 9.47 Å². The van der Waals surface area contributed by atoms with Crippen LogP contribution in [0.25, 0.3) is 5.69 Å². The molecule has 2 aromatic carbocycles.